The van der Waals surface area contributed by atoms with E-state index in [1.165, 1.54) is 12.1 Å². The number of nitro benzene ring substituents is 1. The van der Waals surface area contributed by atoms with Crippen molar-refractivity contribution in [3.63, 3.8) is 0 Å². The van der Waals surface area contributed by atoms with Gasteiger partial charge in [0.25, 0.3) is 5.69 Å². The van der Waals surface area contributed by atoms with Crippen LogP contribution in [0.25, 0.3) is 0 Å². The first-order valence-corrected chi connectivity index (χ1v) is 11.5. The van der Waals surface area contributed by atoms with E-state index in [0.29, 0.717) is 24.7 Å². The smallest absolute Gasteiger partial charge is 0.269 e. The molecule has 0 atom stereocenters. The van der Waals surface area contributed by atoms with E-state index in [1.807, 2.05) is 19.1 Å². The van der Waals surface area contributed by atoms with E-state index in [4.69, 9.17) is 9.47 Å². The van der Waals surface area contributed by atoms with Gasteiger partial charge in [-0.25, -0.2) is 0 Å². The molecule has 170 valence electrons. The molecule has 2 aromatic carbocycles. The summed E-state index contributed by atoms with van der Waals surface area (Å²) in [5, 5.41) is 14.3. The number of halogens is 1. The Morgan fingerprint density at radius 3 is 2.35 bits per heavy atom. The van der Waals surface area contributed by atoms with Crippen molar-refractivity contribution in [1.82, 2.24) is 10.2 Å². The number of nitrogens with one attached hydrogen (secondary N) is 1. The fraction of sp³-hybridized carbons (Fsp3) is 0.478. The Hall–Kier alpha value is -2.16. The second-order valence-corrected chi connectivity index (χ2v) is 7.95. The highest BCUT2D eigenvalue weighted by atomic mass is 79.9. The van der Waals surface area contributed by atoms with Crippen LogP contribution in [0.1, 0.15) is 38.3 Å². The van der Waals surface area contributed by atoms with Crippen LogP contribution in [0.15, 0.2) is 40.9 Å². The highest BCUT2D eigenvalue weighted by molar-refractivity contribution is 9.10. The van der Waals surface area contributed by atoms with E-state index in [1.54, 1.807) is 12.1 Å². The van der Waals surface area contributed by atoms with Gasteiger partial charge in [-0.2, -0.15) is 0 Å². The van der Waals surface area contributed by atoms with Crippen LogP contribution in [0.2, 0.25) is 0 Å². The topological polar surface area (TPSA) is 76.9 Å². The zero-order valence-corrected chi connectivity index (χ0v) is 20.1. The van der Waals surface area contributed by atoms with E-state index in [2.05, 4.69) is 40.0 Å². The van der Waals surface area contributed by atoms with Gasteiger partial charge in [0.05, 0.1) is 11.5 Å². The molecule has 0 amide bonds. The monoisotopic (exact) mass is 493 g/mol. The standard InChI is InChI=1S/C23H32BrN3O4/c1-4-26(5-2)13-7-12-25-16-19-14-22(30-6-3)23(15-21(19)24)31-17-18-8-10-20(11-9-18)27(28)29/h8-11,14-15,25H,4-7,12-13,16-17H2,1-3H3. The number of non-ortho nitro benzene ring substituents is 1. The van der Waals surface area contributed by atoms with Gasteiger partial charge in [-0.05, 0) is 74.9 Å². The normalized spacial score (nSPS) is 11.0. The maximum Gasteiger partial charge on any atom is 0.269 e. The van der Waals surface area contributed by atoms with Crippen molar-refractivity contribution in [3.05, 3.63) is 62.1 Å². The molecule has 0 aliphatic heterocycles. The Kier molecular flexibility index (Phi) is 10.8. The molecule has 0 unspecified atom stereocenters. The van der Waals surface area contributed by atoms with E-state index >= 15 is 0 Å². The van der Waals surface area contributed by atoms with Gasteiger partial charge < -0.3 is 19.7 Å². The first kappa shape index (κ1) is 25.1. The van der Waals surface area contributed by atoms with Crippen LogP contribution in [0.3, 0.4) is 0 Å². The van der Waals surface area contributed by atoms with Crippen LogP contribution in [0, 0.1) is 10.1 Å². The third-order valence-electron chi connectivity index (χ3n) is 4.99. The molecule has 0 aromatic heterocycles. The third-order valence-corrected chi connectivity index (χ3v) is 5.73. The molecule has 31 heavy (non-hydrogen) atoms. The summed E-state index contributed by atoms with van der Waals surface area (Å²) >= 11 is 3.64. The number of nitrogens with zero attached hydrogens (tertiary/aromatic N) is 2. The lowest BCUT2D eigenvalue weighted by atomic mass is 10.2. The van der Waals surface area contributed by atoms with Crippen molar-refractivity contribution in [1.29, 1.82) is 0 Å². The second kappa shape index (κ2) is 13.3. The van der Waals surface area contributed by atoms with E-state index in [0.717, 1.165) is 54.7 Å². The molecule has 0 saturated heterocycles. The predicted octanol–water partition coefficient (Wildman–Crippen LogP) is 5.16. The van der Waals surface area contributed by atoms with Gasteiger partial charge in [0.2, 0.25) is 0 Å². The molecule has 2 rings (SSSR count). The fourth-order valence-electron chi connectivity index (χ4n) is 3.16. The first-order chi connectivity index (χ1) is 15.0. The van der Waals surface area contributed by atoms with E-state index in [9.17, 15) is 10.1 Å². The van der Waals surface area contributed by atoms with Crippen LogP contribution in [0.5, 0.6) is 11.5 Å². The number of benzene rings is 2. The summed E-state index contributed by atoms with van der Waals surface area (Å²) in [6, 6.07) is 10.3. The fourth-order valence-corrected chi connectivity index (χ4v) is 3.62. The minimum atomic E-state index is -0.411. The Morgan fingerprint density at radius 1 is 1.06 bits per heavy atom. The summed E-state index contributed by atoms with van der Waals surface area (Å²) < 4.78 is 12.7. The second-order valence-electron chi connectivity index (χ2n) is 7.09. The predicted molar refractivity (Wildman–Crippen MR) is 127 cm³/mol. The number of hydrogen-bond acceptors (Lipinski definition) is 6. The van der Waals surface area contributed by atoms with Gasteiger partial charge in [0, 0.05) is 23.2 Å². The van der Waals surface area contributed by atoms with Crippen molar-refractivity contribution in [2.45, 2.75) is 40.3 Å². The summed E-state index contributed by atoms with van der Waals surface area (Å²) in [7, 11) is 0. The molecule has 0 radical (unpaired) electrons. The lowest BCUT2D eigenvalue weighted by Crippen LogP contribution is -2.27. The molecule has 0 heterocycles. The third kappa shape index (κ3) is 8.12. The maximum atomic E-state index is 10.8. The number of hydrogen-bond donors (Lipinski definition) is 1. The van der Waals surface area contributed by atoms with Gasteiger partial charge >= 0.3 is 0 Å². The highest BCUT2D eigenvalue weighted by Gasteiger charge is 2.12. The van der Waals surface area contributed by atoms with Crippen molar-refractivity contribution < 1.29 is 14.4 Å². The zero-order valence-electron chi connectivity index (χ0n) is 18.5. The average molecular weight is 494 g/mol. The van der Waals surface area contributed by atoms with Crippen LogP contribution >= 0.6 is 15.9 Å². The Bertz CT molecular complexity index is 826. The molecular weight excluding hydrogens is 462 g/mol. The molecule has 0 aliphatic rings. The summed E-state index contributed by atoms with van der Waals surface area (Å²) in [5.74, 6) is 1.32. The van der Waals surface area contributed by atoms with Crippen LogP contribution in [-0.2, 0) is 13.2 Å². The largest absolute Gasteiger partial charge is 0.490 e. The van der Waals surface area contributed by atoms with E-state index < -0.39 is 4.92 Å². The molecule has 2 aromatic rings. The SMILES string of the molecule is CCOc1cc(CNCCCN(CC)CC)c(Br)cc1OCc1ccc([N+](=O)[O-])cc1. The van der Waals surface area contributed by atoms with Crippen molar-refractivity contribution >= 4 is 21.6 Å². The van der Waals surface area contributed by atoms with Crippen molar-refractivity contribution in [2.75, 3.05) is 32.8 Å². The van der Waals surface area contributed by atoms with Gasteiger partial charge in [-0.15, -0.1) is 0 Å². The lowest BCUT2D eigenvalue weighted by Gasteiger charge is -2.18. The molecule has 0 saturated carbocycles. The maximum absolute atomic E-state index is 10.8. The molecular formula is C23H32BrN3O4. The van der Waals surface area contributed by atoms with Gasteiger partial charge in [0.1, 0.15) is 6.61 Å². The molecule has 7 nitrogen and oxygen atoms in total. The molecule has 1 N–H and O–H groups in total. The Labute approximate surface area is 193 Å². The van der Waals surface area contributed by atoms with Gasteiger partial charge in [-0.1, -0.05) is 29.8 Å². The highest BCUT2D eigenvalue weighted by Crippen LogP contribution is 2.34. The van der Waals surface area contributed by atoms with Gasteiger partial charge in [0.15, 0.2) is 11.5 Å². The summed E-state index contributed by atoms with van der Waals surface area (Å²) in [6.45, 7) is 12.1. The Morgan fingerprint density at radius 2 is 1.74 bits per heavy atom. The van der Waals surface area contributed by atoms with Gasteiger partial charge in [-0.3, -0.25) is 10.1 Å². The summed E-state index contributed by atoms with van der Waals surface area (Å²) in [6.07, 6.45) is 1.11. The molecule has 0 spiro atoms. The van der Waals surface area contributed by atoms with Crippen molar-refractivity contribution in [2.24, 2.45) is 0 Å². The number of ether oxygens (including phenoxy) is 2. The Balaban J connectivity index is 1.96. The zero-order chi connectivity index (χ0) is 22.6. The minimum absolute atomic E-state index is 0.0652. The minimum Gasteiger partial charge on any atom is -0.490 e. The van der Waals surface area contributed by atoms with Crippen LogP contribution in [0.4, 0.5) is 5.69 Å². The van der Waals surface area contributed by atoms with Crippen molar-refractivity contribution in [3.8, 4) is 11.5 Å². The first-order valence-electron chi connectivity index (χ1n) is 10.7. The van der Waals surface area contributed by atoms with E-state index in [-0.39, 0.29) is 5.69 Å². The summed E-state index contributed by atoms with van der Waals surface area (Å²) in [4.78, 5) is 12.8. The average Bonchev–Trinajstić information content (AvgIpc) is 2.77. The lowest BCUT2D eigenvalue weighted by molar-refractivity contribution is -0.384. The number of nitro groups is 1. The molecule has 8 heteroatoms. The molecule has 0 fully saturated rings. The number of rotatable bonds is 14. The quantitative estimate of drug-likeness (QED) is 0.222. The van der Waals surface area contributed by atoms with Crippen LogP contribution in [-0.4, -0.2) is 42.6 Å². The summed E-state index contributed by atoms with van der Waals surface area (Å²) in [5.41, 5.74) is 2.02. The molecule has 0 bridgehead atoms. The van der Waals surface area contributed by atoms with Crippen LogP contribution < -0.4 is 14.8 Å². The molecule has 0 aliphatic carbocycles.